The molecule has 1 aromatic rings. The Morgan fingerprint density at radius 3 is 2.77 bits per heavy atom. The van der Waals surface area contributed by atoms with Gasteiger partial charge in [-0.25, -0.2) is 13.2 Å². The smallest absolute Gasteiger partial charge is 0.338 e. The second kappa shape index (κ2) is 8.83. The van der Waals surface area contributed by atoms with E-state index in [-0.39, 0.29) is 21.4 Å². The van der Waals surface area contributed by atoms with E-state index in [1.165, 1.54) is 22.5 Å². The summed E-state index contributed by atoms with van der Waals surface area (Å²) < 4.78 is 32.1. The van der Waals surface area contributed by atoms with Crippen molar-refractivity contribution in [2.45, 2.75) is 31.6 Å². The van der Waals surface area contributed by atoms with Crippen molar-refractivity contribution >= 4 is 33.5 Å². The molecule has 0 saturated carbocycles. The highest BCUT2D eigenvalue weighted by molar-refractivity contribution is 7.89. The molecular formula is C17H23ClN2O5S. The van der Waals surface area contributed by atoms with Crippen molar-refractivity contribution in [2.75, 3.05) is 26.2 Å². The van der Waals surface area contributed by atoms with Gasteiger partial charge in [0.25, 0.3) is 5.91 Å². The number of hydrogen-bond donors (Lipinski definition) is 1. The number of amides is 1. The minimum absolute atomic E-state index is 0.0299. The van der Waals surface area contributed by atoms with Crippen LogP contribution >= 0.6 is 11.6 Å². The summed E-state index contributed by atoms with van der Waals surface area (Å²) in [5, 5.41) is 2.55. The van der Waals surface area contributed by atoms with Crippen molar-refractivity contribution in [1.29, 1.82) is 0 Å². The minimum Gasteiger partial charge on any atom is -0.452 e. The summed E-state index contributed by atoms with van der Waals surface area (Å²) in [5.41, 5.74) is 0.0299. The van der Waals surface area contributed by atoms with Gasteiger partial charge in [0.15, 0.2) is 6.61 Å². The van der Waals surface area contributed by atoms with Crippen molar-refractivity contribution in [2.24, 2.45) is 5.92 Å². The van der Waals surface area contributed by atoms with E-state index in [1.54, 1.807) is 6.92 Å². The Balaban J connectivity index is 2.21. The van der Waals surface area contributed by atoms with Crippen LogP contribution in [-0.4, -0.2) is 50.8 Å². The number of nitrogens with zero attached hydrogens (tertiary/aromatic N) is 1. The van der Waals surface area contributed by atoms with Crippen LogP contribution in [0, 0.1) is 5.92 Å². The van der Waals surface area contributed by atoms with Crippen molar-refractivity contribution in [3.8, 4) is 0 Å². The van der Waals surface area contributed by atoms with E-state index in [0.29, 0.717) is 19.6 Å². The zero-order chi connectivity index (χ0) is 19.3. The van der Waals surface area contributed by atoms with Gasteiger partial charge in [-0.3, -0.25) is 4.79 Å². The van der Waals surface area contributed by atoms with Crippen LogP contribution in [-0.2, 0) is 19.6 Å². The first-order valence-electron chi connectivity index (χ1n) is 8.49. The number of sulfonamides is 1. The molecule has 0 spiro atoms. The molecule has 9 heteroatoms. The Morgan fingerprint density at radius 1 is 1.38 bits per heavy atom. The van der Waals surface area contributed by atoms with Gasteiger partial charge in [-0.2, -0.15) is 4.31 Å². The maximum Gasteiger partial charge on any atom is 0.338 e. The molecule has 1 N–H and O–H groups in total. The standard InChI is InChI=1S/C17H23ClN2O5S/c1-3-19-16(21)11-25-17(22)13-6-7-14(18)15(9-13)26(23,24)20-8-4-5-12(2)10-20/h6-7,9,12H,3-5,8,10-11H2,1-2H3,(H,19,21)/t12-/m0/s1. The zero-order valence-electron chi connectivity index (χ0n) is 14.8. The summed E-state index contributed by atoms with van der Waals surface area (Å²) in [6, 6.07) is 3.93. The molecule has 7 nitrogen and oxygen atoms in total. The molecule has 1 aliphatic rings. The molecule has 1 fully saturated rings. The van der Waals surface area contributed by atoms with Crippen LogP contribution in [0.15, 0.2) is 23.1 Å². The monoisotopic (exact) mass is 402 g/mol. The van der Waals surface area contributed by atoms with Gasteiger partial charge < -0.3 is 10.1 Å². The lowest BCUT2D eigenvalue weighted by Crippen LogP contribution is -2.39. The molecule has 144 valence electrons. The van der Waals surface area contributed by atoms with Gasteiger partial charge >= 0.3 is 5.97 Å². The van der Waals surface area contributed by atoms with Crippen LogP contribution in [0.3, 0.4) is 0 Å². The van der Waals surface area contributed by atoms with Gasteiger partial charge in [-0.05, 0) is 43.9 Å². The fourth-order valence-electron chi connectivity index (χ4n) is 2.79. The SMILES string of the molecule is CCNC(=O)COC(=O)c1ccc(Cl)c(S(=O)(=O)N2CCC[C@H](C)C2)c1. The number of carbonyl (C=O) groups excluding carboxylic acids is 2. The largest absolute Gasteiger partial charge is 0.452 e. The number of benzene rings is 1. The maximum atomic E-state index is 12.9. The highest BCUT2D eigenvalue weighted by atomic mass is 35.5. The predicted octanol–water partition coefficient (Wildman–Crippen LogP) is 2.05. The molecule has 26 heavy (non-hydrogen) atoms. The number of likely N-dealkylation sites (N-methyl/N-ethyl adjacent to an activating group) is 1. The number of esters is 1. The third-order valence-corrected chi connectivity index (χ3v) is 6.46. The molecule has 1 amide bonds. The normalized spacial score (nSPS) is 18.3. The lowest BCUT2D eigenvalue weighted by Gasteiger charge is -2.30. The molecule has 0 aromatic heterocycles. The minimum atomic E-state index is -3.81. The average Bonchev–Trinajstić information content (AvgIpc) is 2.60. The van der Waals surface area contributed by atoms with Gasteiger partial charge in [0.1, 0.15) is 4.90 Å². The molecular weight excluding hydrogens is 380 g/mol. The number of carbonyl (C=O) groups is 2. The van der Waals surface area contributed by atoms with E-state index in [4.69, 9.17) is 16.3 Å². The lowest BCUT2D eigenvalue weighted by molar-refractivity contribution is -0.124. The van der Waals surface area contributed by atoms with E-state index in [2.05, 4.69) is 5.32 Å². The molecule has 0 bridgehead atoms. The van der Waals surface area contributed by atoms with Crippen molar-refractivity contribution in [3.05, 3.63) is 28.8 Å². The molecule has 1 heterocycles. The van der Waals surface area contributed by atoms with Crippen LogP contribution in [0.2, 0.25) is 5.02 Å². The molecule has 1 atom stereocenters. The van der Waals surface area contributed by atoms with E-state index < -0.39 is 28.5 Å². The maximum absolute atomic E-state index is 12.9. The molecule has 1 saturated heterocycles. The zero-order valence-corrected chi connectivity index (χ0v) is 16.4. The van der Waals surface area contributed by atoms with Crippen LogP contribution < -0.4 is 5.32 Å². The number of piperidine rings is 1. The van der Waals surface area contributed by atoms with E-state index in [9.17, 15) is 18.0 Å². The lowest BCUT2D eigenvalue weighted by atomic mass is 10.0. The molecule has 2 rings (SSSR count). The number of rotatable bonds is 6. The van der Waals surface area contributed by atoms with Crippen LogP contribution in [0.1, 0.15) is 37.0 Å². The van der Waals surface area contributed by atoms with Crippen molar-refractivity contribution in [3.63, 3.8) is 0 Å². The summed E-state index contributed by atoms with van der Waals surface area (Å²) in [4.78, 5) is 23.4. The summed E-state index contributed by atoms with van der Waals surface area (Å²) in [6.07, 6.45) is 1.76. The fraction of sp³-hybridized carbons (Fsp3) is 0.529. The first-order chi connectivity index (χ1) is 12.3. The van der Waals surface area contributed by atoms with Crippen molar-refractivity contribution in [1.82, 2.24) is 9.62 Å². The summed E-state index contributed by atoms with van der Waals surface area (Å²) in [5.74, 6) is -0.941. The summed E-state index contributed by atoms with van der Waals surface area (Å²) in [6.45, 7) is 4.59. The topological polar surface area (TPSA) is 92.8 Å². The Kier molecular flexibility index (Phi) is 7.02. The number of halogens is 1. The Hall–Kier alpha value is -1.64. The molecule has 1 aromatic carbocycles. The molecule has 0 radical (unpaired) electrons. The first kappa shape index (κ1) is 20.7. The quantitative estimate of drug-likeness (QED) is 0.735. The highest BCUT2D eigenvalue weighted by Gasteiger charge is 2.31. The number of hydrogen-bond acceptors (Lipinski definition) is 5. The highest BCUT2D eigenvalue weighted by Crippen LogP contribution is 2.29. The van der Waals surface area contributed by atoms with Gasteiger partial charge in [-0.1, -0.05) is 18.5 Å². The Labute approximate surface area is 158 Å². The second-order valence-corrected chi connectivity index (χ2v) is 8.60. The van der Waals surface area contributed by atoms with Crippen molar-refractivity contribution < 1.29 is 22.7 Å². The third kappa shape index (κ3) is 4.96. The number of nitrogens with one attached hydrogen (secondary N) is 1. The van der Waals surface area contributed by atoms with E-state index in [0.717, 1.165) is 12.8 Å². The second-order valence-electron chi connectivity index (χ2n) is 6.29. The molecule has 0 unspecified atom stereocenters. The Morgan fingerprint density at radius 2 is 2.12 bits per heavy atom. The average molecular weight is 403 g/mol. The first-order valence-corrected chi connectivity index (χ1v) is 10.3. The fourth-order valence-corrected chi connectivity index (χ4v) is 4.89. The van der Waals surface area contributed by atoms with Crippen LogP contribution in [0.4, 0.5) is 0 Å². The van der Waals surface area contributed by atoms with Gasteiger partial charge in [0, 0.05) is 19.6 Å². The van der Waals surface area contributed by atoms with Gasteiger partial charge in [-0.15, -0.1) is 0 Å². The van der Waals surface area contributed by atoms with Gasteiger partial charge in [0.05, 0.1) is 10.6 Å². The van der Waals surface area contributed by atoms with Crippen LogP contribution in [0.25, 0.3) is 0 Å². The summed E-state index contributed by atoms with van der Waals surface area (Å²) >= 11 is 6.09. The Bertz CT molecular complexity index is 781. The van der Waals surface area contributed by atoms with E-state index >= 15 is 0 Å². The summed E-state index contributed by atoms with van der Waals surface area (Å²) in [7, 11) is -3.81. The van der Waals surface area contributed by atoms with E-state index in [1.807, 2.05) is 6.92 Å². The number of ether oxygens (including phenoxy) is 1. The molecule has 0 aliphatic carbocycles. The predicted molar refractivity (Wildman–Crippen MR) is 97.6 cm³/mol. The molecule has 1 aliphatic heterocycles. The van der Waals surface area contributed by atoms with Crippen LogP contribution in [0.5, 0.6) is 0 Å². The van der Waals surface area contributed by atoms with Gasteiger partial charge in [0.2, 0.25) is 10.0 Å². The third-order valence-electron chi connectivity index (χ3n) is 4.11.